The third kappa shape index (κ3) is 2.01. The number of nitrogens with zero attached hydrogens (tertiary/aromatic N) is 3. The number of thiazole rings is 1. The zero-order valence-electron chi connectivity index (χ0n) is 11.7. The Morgan fingerprint density at radius 2 is 2.05 bits per heavy atom. The van der Waals surface area contributed by atoms with Crippen LogP contribution in [0.4, 0.5) is 9.93 Å². The number of carbonyl (C=O) groups is 2. The fourth-order valence-corrected chi connectivity index (χ4v) is 3.69. The summed E-state index contributed by atoms with van der Waals surface area (Å²) in [4.78, 5) is 32.0. The minimum absolute atomic E-state index is 0.0826. The third-order valence-corrected chi connectivity index (χ3v) is 4.94. The van der Waals surface area contributed by atoms with E-state index in [4.69, 9.17) is 0 Å². The quantitative estimate of drug-likeness (QED) is 0.852. The van der Waals surface area contributed by atoms with Crippen molar-refractivity contribution in [2.75, 3.05) is 18.5 Å². The number of aliphatic hydroxyl groups excluding tert-OH is 1. The van der Waals surface area contributed by atoms with Gasteiger partial charge >= 0.3 is 6.03 Å². The summed E-state index contributed by atoms with van der Waals surface area (Å²) in [5.74, 6) is 0.0977. The molecule has 1 atom stereocenters. The van der Waals surface area contributed by atoms with Crippen molar-refractivity contribution in [1.29, 1.82) is 0 Å². The van der Waals surface area contributed by atoms with Crippen molar-refractivity contribution in [3.63, 3.8) is 0 Å². The number of carbonyl (C=O) groups excluding carboxylic acids is 2. The Labute approximate surface area is 121 Å². The zero-order chi connectivity index (χ0) is 14.7. The molecule has 1 aromatic rings. The molecule has 1 aromatic heterocycles. The molecule has 0 aromatic carbocycles. The van der Waals surface area contributed by atoms with E-state index in [2.05, 4.69) is 4.98 Å². The number of fused-ring (bicyclic) bond motifs is 1. The molecule has 2 aliphatic rings. The van der Waals surface area contributed by atoms with E-state index in [0.29, 0.717) is 16.4 Å². The van der Waals surface area contributed by atoms with Gasteiger partial charge in [0, 0.05) is 13.5 Å². The molecular weight excluding hydrogens is 278 g/mol. The Kier molecular flexibility index (Phi) is 2.88. The van der Waals surface area contributed by atoms with Gasteiger partial charge in [0.05, 0.1) is 17.1 Å². The lowest BCUT2D eigenvalue weighted by molar-refractivity contribution is 0.0819. The second-order valence-electron chi connectivity index (χ2n) is 6.20. The molecule has 20 heavy (non-hydrogen) atoms. The van der Waals surface area contributed by atoms with Gasteiger partial charge in [0.25, 0.3) is 0 Å². The van der Waals surface area contributed by atoms with Gasteiger partial charge in [-0.1, -0.05) is 25.2 Å². The lowest BCUT2D eigenvalue weighted by Crippen LogP contribution is -2.30. The molecular formula is C13H17N3O3S. The van der Waals surface area contributed by atoms with Crippen LogP contribution in [0.5, 0.6) is 0 Å². The predicted octanol–water partition coefficient (Wildman–Crippen LogP) is 1.49. The average Bonchev–Trinajstić information content (AvgIpc) is 2.85. The number of aromatic nitrogens is 1. The van der Waals surface area contributed by atoms with E-state index in [1.54, 1.807) is 7.05 Å². The van der Waals surface area contributed by atoms with Crippen molar-refractivity contribution in [3.05, 3.63) is 10.6 Å². The molecule has 108 valence electrons. The van der Waals surface area contributed by atoms with Crippen LogP contribution < -0.4 is 4.90 Å². The van der Waals surface area contributed by atoms with E-state index >= 15 is 0 Å². The molecule has 1 aliphatic carbocycles. The fourth-order valence-electron chi connectivity index (χ4n) is 2.66. The highest BCUT2D eigenvalue weighted by atomic mass is 32.1. The number of aliphatic hydroxyl groups is 1. The highest BCUT2D eigenvalue weighted by molar-refractivity contribution is 7.17. The van der Waals surface area contributed by atoms with E-state index in [1.165, 1.54) is 21.1 Å². The van der Waals surface area contributed by atoms with Crippen LogP contribution in [0.15, 0.2) is 0 Å². The van der Waals surface area contributed by atoms with Gasteiger partial charge < -0.3 is 5.11 Å². The summed E-state index contributed by atoms with van der Waals surface area (Å²) in [6.07, 6.45) is 0.430. The molecule has 1 unspecified atom stereocenters. The number of ketones is 1. The molecule has 7 heteroatoms. The molecule has 3 rings (SSSR count). The number of β-amino-alcohol motifs (C(OH)–C–C–N with tert-alkyl or cyclic N) is 1. The average molecular weight is 295 g/mol. The van der Waals surface area contributed by atoms with Gasteiger partial charge in [-0.3, -0.25) is 14.6 Å². The summed E-state index contributed by atoms with van der Waals surface area (Å²) in [6.45, 7) is 4.29. The first kappa shape index (κ1) is 13.5. The van der Waals surface area contributed by atoms with Crippen molar-refractivity contribution in [2.45, 2.75) is 32.9 Å². The number of rotatable bonds is 1. The Morgan fingerprint density at radius 1 is 1.35 bits per heavy atom. The molecule has 1 saturated heterocycles. The molecule has 6 nitrogen and oxygen atoms in total. The number of hydrogen-bond acceptors (Lipinski definition) is 5. The minimum Gasteiger partial charge on any atom is -0.372 e. The van der Waals surface area contributed by atoms with Gasteiger partial charge in [-0.15, -0.1) is 0 Å². The monoisotopic (exact) mass is 295 g/mol. The summed E-state index contributed by atoms with van der Waals surface area (Å²) in [7, 11) is 1.55. The lowest BCUT2D eigenvalue weighted by Gasteiger charge is -2.26. The fraction of sp³-hybridized carbons (Fsp3) is 0.615. The van der Waals surface area contributed by atoms with E-state index in [-0.39, 0.29) is 23.8 Å². The third-order valence-electron chi connectivity index (χ3n) is 3.78. The van der Waals surface area contributed by atoms with Crippen LogP contribution in [-0.2, 0) is 6.42 Å². The number of amides is 2. The Hall–Kier alpha value is -1.47. The van der Waals surface area contributed by atoms with Crippen molar-refractivity contribution >= 4 is 28.3 Å². The Morgan fingerprint density at radius 3 is 2.65 bits per heavy atom. The lowest BCUT2D eigenvalue weighted by atomic mass is 9.78. The summed E-state index contributed by atoms with van der Waals surface area (Å²) >= 11 is 1.26. The maximum atomic E-state index is 12.1. The molecule has 1 aliphatic heterocycles. The van der Waals surface area contributed by atoms with Gasteiger partial charge in [-0.2, -0.15) is 0 Å². The van der Waals surface area contributed by atoms with Crippen molar-refractivity contribution < 1.29 is 14.7 Å². The molecule has 2 amide bonds. The predicted molar refractivity (Wildman–Crippen MR) is 75.1 cm³/mol. The van der Waals surface area contributed by atoms with Crippen LogP contribution in [0.3, 0.4) is 0 Å². The van der Waals surface area contributed by atoms with E-state index in [0.717, 1.165) is 12.1 Å². The van der Waals surface area contributed by atoms with Crippen LogP contribution in [0.1, 0.15) is 35.6 Å². The summed E-state index contributed by atoms with van der Waals surface area (Å²) in [5.41, 5.74) is 0.698. The summed E-state index contributed by atoms with van der Waals surface area (Å²) < 4.78 is 0. The number of hydrogen-bond donors (Lipinski definition) is 1. The number of Topliss-reactive ketones (excluding diaryl/α,β-unsaturated/α-hetero) is 1. The van der Waals surface area contributed by atoms with Crippen molar-refractivity contribution in [1.82, 2.24) is 9.88 Å². The highest BCUT2D eigenvalue weighted by Gasteiger charge is 2.39. The molecule has 0 bridgehead atoms. The number of urea groups is 1. The van der Waals surface area contributed by atoms with Crippen LogP contribution in [0.2, 0.25) is 0 Å². The van der Waals surface area contributed by atoms with E-state index in [1.807, 2.05) is 13.8 Å². The Bertz CT molecular complexity index is 596. The molecule has 1 fully saturated rings. The van der Waals surface area contributed by atoms with Gasteiger partial charge in [0.15, 0.2) is 10.9 Å². The first-order valence-corrected chi connectivity index (χ1v) is 7.35. The maximum absolute atomic E-state index is 12.1. The van der Waals surface area contributed by atoms with E-state index < -0.39 is 6.23 Å². The molecule has 0 radical (unpaired) electrons. The SMILES string of the molecule is CN1C(=O)N(c2nc3c(s2)C(=O)CC(C)(C)C3)CC1O. The van der Waals surface area contributed by atoms with Gasteiger partial charge in [-0.25, -0.2) is 9.78 Å². The number of anilines is 1. The van der Waals surface area contributed by atoms with Crippen LogP contribution in [-0.4, -0.2) is 46.6 Å². The normalized spacial score (nSPS) is 25.3. The van der Waals surface area contributed by atoms with Crippen LogP contribution in [0.25, 0.3) is 0 Å². The maximum Gasteiger partial charge on any atom is 0.328 e. The van der Waals surface area contributed by atoms with Crippen molar-refractivity contribution in [2.24, 2.45) is 5.41 Å². The van der Waals surface area contributed by atoms with Gasteiger partial charge in [0.2, 0.25) is 0 Å². The number of likely N-dealkylation sites (N-methyl/N-ethyl adjacent to an activating group) is 1. The van der Waals surface area contributed by atoms with Gasteiger partial charge in [-0.05, 0) is 11.8 Å². The van der Waals surface area contributed by atoms with E-state index in [9.17, 15) is 14.7 Å². The molecule has 0 saturated carbocycles. The van der Waals surface area contributed by atoms with Gasteiger partial charge in [0.1, 0.15) is 6.23 Å². The highest BCUT2D eigenvalue weighted by Crippen LogP contribution is 2.39. The first-order valence-electron chi connectivity index (χ1n) is 6.54. The Balaban J connectivity index is 1.95. The van der Waals surface area contributed by atoms with Crippen molar-refractivity contribution in [3.8, 4) is 0 Å². The minimum atomic E-state index is -0.824. The standard InChI is InChI=1S/C13H17N3O3S/c1-13(2)4-7-10(8(17)5-13)20-11(14-7)16-6-9(18)15(3)12(16)19/h9,18H,4-6H2,1-3H3. The van der Waals surface area contributed by atoms with Crippen LogP contribution >= 0.6 is 11.3 Å². The van der Waals surface area contributed by atoms with Crippen LogP contribution in [0, 0.1) is 5.41 Å². The summed E-state index contributed by atoms with van der Waals surface area (Å²) in [5, 5.41) is 10.2. The molecule has 2 heterocycles. The second-order valence-corrected chi connectivity index (χ2v) is 7.18. The molecule has 1 N–H and O–H groups in total. The topological polar surface area (TPSA) is 73.7 Å². The molecule has 0 spiro atoms. The largest absolute Gasteiger partial charge is 0.372 e. The first-order chi connectivity index (χ1) is 9.28. The smallest absolute Gasteiger partial charge is 0.328 e. The zero-order valence-corrected chi connectivity index (χ0v) is 12.5. The summed E-state index contributed by atoms with van der Waals surface area (Å²) in [6, 6.07) is -0.282. The second kappa shape index (κ2) is 4.26.